The molecule has 0 radical (unpaired) electrons. The van der Waals surface area contributed by atoms with Gasteiger partial charge in [0.15, 0.2) is 0 Å². The molecule has 9 N–H and O–H groups in total. The minimum Gasteiger partial charge on any atom is -0.508 e. The molecule has 196 valence electrons. The van der Waals surface area contributed by atoms with Gasteiger partial charge in [-0.2, -0.15) is 0 Å². The molecule has 0 aliphatic rings. The molecular weight excluding hydrogens is 482 g/mol. The predicted octanol–water partition coefficient (Wildman–Crippen LogP) is -0.851. The summed E-state index contributed by atoms with van der Waals surface area (Å²) in [4.78, 5) is 52.8. The highest BCUT2D eigenvalue weighted by molar-refractivity contribution is 5.94. The fraction of sp³-hybridized carbons (Fsp3) is 0.280. The fourth-order valence-corrected chi connectivity index (χ4v) is 3.79. The van der Waals surface area contributed by atoms with Crippen LogP contribution in [0.1, 0.15) is 11.1 Å². The monoisotopic (exact) mass is 511 g/mol. The number of phenols is 1. The predicted molar refractivity (Wildman–Crippen MR) is 133 cm³/mol. The summed E-state index contributed by atoms with van der Waals surface area (Å²) in [6.45, 7) is -1.21. The molecule has 12 nitrogen and oxygen atoms in total. The maximum atomic E-state index is 13.3. The number of para-hydroxylation sites is 1. The van der Waals surface area contributed by atoms with Gasteiger partial charge in [0.1, 0.15) is 23.9 Å². The first kappa shape index (κ1) is 27.2. The summed E-state index contributed by atoms with van der Waals surface area (Å²) < 4.78 is 0. The number of rotatable bonds is 12. The van der Waals surface area contributed by atoms with Crippen molar-refractivity contribution >= 4 is 34.6 Å². The van der Waals surface area contributed by atoms with Gasteiger partial charge in [-0.15, -0.1) is 0 Å². The molecule has 0 bridgehead atoms. The number of nitrogens with one attached hydrogen (secondary N) is 4. The summed E-state index contributed by atoms with van der Waals surface area (Å²) in [5, 5.41) is 36.2. The van der Waals surface area contributed by atoms with E-state index < -0.39 is 48.4 Å². The number of aromatic nitrogens is 1. The molecule has 2 aromatic carbocycles. The highest BCUT2D eigenvalue weighted by Gasteiger charge is 2.30. The number of aliphatic hydroxyl groups is 1. The van der Waals surface area contributed by atoms with E-state index in [2.05, 4.69) is 20.9 Å². The number of phenolic OH excluding ortho intramolecular Hbond substituents is 1. The van der Waals surface area contributed by atoms with Crippen molar-refractivity contribution in [1.82, 2.24) is 20.9 Å². The Kier molecular flexibility index (Phi) is 9.19. The SMILES string of the molecule is NCC(=O)NC(Cc1c[nH]c2ccccc12)C(=O)NC(Cc1ccc(O)cc1)C(=O)NC(CO)C(=O)O. The van der Waals surface area contributed by atoms with Crippen LogP contribution in [0.15, 0.2) is 54.7 Å². The largest absolute Gasteiger partial charge is 0.508 e. The van der Waals surface area contributed by atoms with Crippen molar-refractivity contribution in [3.05, 3.63) is 65.9 Å². The van der Waals surface area contributed by atoms with E-state index in [1.165, 1.54) is 12.1 Å². The third-order valence-electron chi connectivity index (χ3n) is 5.74. The molecule has 3 amide bonds. The van der Waals surface area contributed by atoms with Gasteiger partial charge in [0.2, 0.25) is 17.7 Å². The van der Waals surface area contributed by atoms with Gasteiger partial charge in [0.05, 0.1) is 13.2 Å². The van der Waals surface area contributed by atoms with Crippen molar-refractivity contribution < 1.29 is 34.5 Å². The second-order valence-corrected chi connectivity index (χ2v) is 8.40. The van der Waals surface area contributed by atoms with E-state index in [4.69, 9.17) is 5.73 Å². The fourth-order valence-electron chi connectivity index (χ4n) is 3.79. The number of amides is 3. The lowest BCUT2D eigenvalue weighted by Gasteiger charge is -2.24. The van der Waals surface area contributed by atoms with Gasteiger partial charge in [0.25, 0.3) is 0 Å². The molecule has 1 aromatic heterocycles. The summed E-state index contributed by atoms with van der Waals surface area (Å²) in [6, 6.07) is 9.38. The number of hydrogen-bond acceptors (Lipinski definition) is 7. The topological polar surface area (TPSA) is 207 Å². The van der Waals surface area contributed by atoms with E-state index in [0.717, 1.165) is 16.5 Å². The Bertz CT molecular complexity index is 1260. The average Bonchev–Trinajstić information content (AvgIpc) is 3.29. The van der Waals surface area contributed by atoms with Crippen LogP contribution in [-0.2, 0) is 32.0 Å². The van der Waals surface area contributed by atoms with Crippen LogP contribution in [0.25, 0.3) is 10.9 Å². The lowest BCUT2D eigenvalue weighted by atomic mass is 10.0. The highest BCUT2D eigenvalue weighted by Crippen LogP contribution is 2.19. The molecule has 37 heavy (non-hydrogen) atoms. The molecule has 0 spiro atoms. The van der Waals surface area contributed by atoms with Gasteiger partial charge in [-0.3, -0.25) is 14.4 Å². The molecule has 12 heteroatoms. The third-order valence-corrected chi connectivity index (χ3v) is 5.74. The number of carbonyl (C=O) groups is 4. The van der Waals surface area contributed by atoms with Crippen LogP contribution in [-0.4, -0.2) is 75.3 Å². The zero-order valence-corrected chi connectivity index (χ0v) is 19.8. The smallest absolute Gasteiger partial charge is 0.328 e. The van der Waals surface area contributed by atoms with E-state index in [0.29, 0.717) is 5.56 Å². The first-order chi connectivity index (χ1) is 17.7. The summed E-state index contributed by atoms with van der Waals surface area (Å²) >= 11 is 0. The number of H-pyrrole nitrogens is 1. The van der Waals surface area contributed by atoms with Gasteiger partial charge in [-0.05, 0) is 29.3 Å². The summed E-state index contributed by atoms with van der Waals surface area (Å²) in [6.07, 6.45) is 1.75. The number of aromatic hydroxyl groups is 1. The molecule has 3 rings (SSSR count). The Balaban J connectivity index is 1.85. The summed E-state index contributed by atoms with van der Waals surface area (Å²) in [5.41, 5.74) is 7.59. The first-order valence-electron chi connectivity index (χ1n) is 11.5. The molecule has 0 aliphatic carbocycles. The Morgan fingerprint density at radius 3 is 2.11 bits per heavy atom. The van der Waals surface area contributed by atoms with Crippen LogP contribution in [0.4, 0.5) is 0 Å². The number of carboxylic acid groups (broad SMARTS) is 1. The minimum atomic E-state index is -1.58. The minimum absolute atomic E-state index is 0.00305. The Hall–Kier alpha value is -4.42. The van der Waals surface area contributed by atoms with Crippen LogP contribution < -0.4 is 21.7 Å². The van der Waals surface area contributed by atoms with E-state index in [-0.39, 0.29) is 25.1 Å². The summed E-state index contributed by atoms with van der Waals surface area (Å²) in [7, 11) is 0. The number of carboxylic acids is 1. The van der Waals surface area contributed by atoms with Gasteiger partial charge < -0.3 is 42.0 Å². The van der Waals surface area contributed by atoms with Crippen molar-refractivity contribution in [3.8, 4) is 5.75 Å². The van der Waals surface area contributed by atoms with Crippen LogP contribution >= 0.6 is 0 Å². The zero-order valence-electron chi connectivity index (χ0n) is 19.8. The molecule has 0 fully saturated rings. The first-order valence-corrected chi connectivity index (χ1v) is 11.5. The number of nitrogens with two attached hydrogens (primary N) is 1. The number of aliphatic carboxylic acids is 1. The molecule has 3 unspecified atom stereocenters. The van der Waals surface area contributed by atoms with Crippen molar-refractivity contribution in [1.29, 1.82) is 0 Å². The van der Waals surface area contributed by atoms with Crippen LogP contribution in [0, 0.1) is 0 Å². The number of aromatic amines is 1. The normalized spacial score (nSPS) is 13.4. The van der Waals surface area contributed by atoms with Crippen molar-refractivity contribution in [2.45, 2.75) is 31.0 Å². The van der Waals surface area contributed by atoms with E-state index in [1.807, 2.05) is 24.3 Å². The van der Waals surface area contributed by atoms with E-state index in [1.54, 1.807) is 18.3 Å². The molecule has 0 saturated carbocycles. The second-order valence-electron chi connectivity index (χ2n) is 8.40. The lowest BCUT2D eigenvalue weighted by Crippen LogP contribution is -2.57. The third kappa shape index (κ3) is 7.29. The molecule has 3 aromatic rings. The average molecular weight is 512 g/mol. The highest BCUT2D eigenvalue weighted by atomic mass is 16.4. The second kappa shape index (κ2) is 12.5. The number of benzene rings is 2. The molecule has 0 aliphatic heterocycles. The lowest BCUT2D eigenvalue weighted by molar-refractivity contribution is -0.143. The quantitative estimate of drug-likeness (QED) is 0.153. The van der Waals surface area contributed by atoms with Crippen molar-refractivity contribution in [2.75, 3.05) is 13.2 Å². The van der Waals surface area contributed by atoms with Crippen molar-refractivity contribution in [3.63, 3.8) is 0 Å². The van der Waals surface area contributed by atoms with Gasteiger partial charge in [0, 0.05) is 29.9 Å². The van der Waals surface area contributed by atoms with Gasteiger partial charge in [-0.25, -0.2) is 4.79 Å². The summed E-state index contributed by atoms with van der Waals surface area (Å²) in [5.74, 6) is -3.56. The van der Waals surface area contributed by atoms with Gasteiger partial charge >= 0.3 is 5.97 Å². The van der Waals surface area contributed by atoms with E-state index >= 15 is 0 Å². The maximum Gasteiger partial charge on any atom is 0.328 e. The maximum absolute atomic E-state index is 13.3. The number of fused-ring (bicyclic) bond motifs is 1. The Labute approximate surface area is 211 Å². The number of carbonyl (C=O) groups excluding carboxylic acids is 3. The van der Waals surface area contributed by atoms with Gasteiger partial charge in [-0.1, -0.05) is 30.3 Å². The number of hydrogen-bond donors (Lipinski definition) is 8. The van der Waals surface area contributed by atoms with Crippen molar-refractivity contribution in [2.24, 2.45) is 5.73 Å². The molecule has 3 atom stereocenters. The molecule has 1 heterocycles. The van der Waals surface area contributed by atoms with E-state index in [9.17, 15) is 34.5 Å². The Morgan fingerprint density at radius 1 is 0.865 bits per heavy atom. The standard InChI is InChI=1S/C25H29N5O7/c26-11-22(33)28-20(10-15-12-27-18-4-2-1-3-17(15)18)24(35)29-19(9-14-5-7-16(32)8-6-14)23(34)30-21(13-31)25(36)37/h1-8,12,19-21,27,31-32H,9-11,13,26H2,(H,28,33)(H,29,35)(H,30,34)(H,36,37). The zero-order chi connectivity index (χ0) is 26.9. The van der Waals surface area contributed by atoms with Crippen LogP contribution in [0.5, 0.6) is 5.75 Å². The van der Waals surface area contributed by atoms with Crippen LogP contribution in [0.3, 0.4) is 0 Å². The molecule has 0 saturated heterocycles. The Morgan fingerprint density at radius 2 is 1.49 bits per heavy atom. The van der Waals surface area contributed by atoms with Crippen LogP contribution in [0.2, 0.25) is 0 Å². The molecular formula is C25H29N5O7. The number of aliphatic hydroxyl groups excluding tert-OH is 1.